The summed E-state index contributed by atoms with van der Waals surface area (Å²) in [4.78, 5) is 8.80. The Kier molecular flexibility index (Phi) is 8.23. The van der Waals surface area contributed by atoms with Gasteiger partial charge in [-0.2, -0.15) is 21.0 Å². The number of hydrogen-bond donors (Lipinski definition) is 0. The highest BCUT2D eigenvalue weighted by Crippen LogP contribution is 2.41. The zero-order chi connectivity index (χ0) is 40.9. The lowest BCUT2D eigenvalue weighted by Crippen LogP contribution is -2.03. The van der Waals surface area contributed by atoms with E-state index in [2.05, 4.69) is 92.9 Å². The van der Waals surface area contributed by atoms with Crippen molar-refractivity contribution in [2.45, 2.75) is 0 Å². The lowest BCUT2D eigenvalue weighted by atomic mass is 9.99. The van der Waals surface area contributed by atoms with Crippen molar-refractivity contribution in [2.24, 2.45) is 0 Å². The van der Waals surface area contributed by atoms with Crippen molar-refractivity contribution in [3.8, 4) is 69.2 Å². The number of aromatic nitrogens is 3. The highest BCUT2D eigenvalue weighted by molar-refractivity contribution is 6.12. The van der Waals surface area contributed by atoms with Crippen LogP contribution in [0.15, 0.2) is 158 Å². The quantitative estimate of drug-likeness (QED) is 0.162. The van der Waals surface area contributed by atoms with E-state index in [1.54, 1.807) is 30.3 Å². The fraction of sp³-hybridized carbons (Fsp3) is 0. The second-order valence-electron chi connectivity index (χ2n) is 14.4. The molecule has 10 aromatic rings. The lowest BCUT2D eigenvalue weighted by molar-refractivity contribution is 1.06. The van der Waals surface area contributed by atoms with Crippen LogP contribution in [0.3, 0.4) is 0 Å². The molecular weight excluding hydrogens is 737 g/mol. The average molecular weight is 763 g/mol. The Hall–Kier alpha value is -9.26. The van der Waals surface area contributed by atoms with Crippen LogP contribution in [0.25, 0.3) is 93.3 Å². The maximum absolute atomic E-state index is 10.00. The van der Waals surface area contributed by atoms with Gasteiger partial charge in [0.2, 0.25) is 0 Å². The normalized spacial score (nSPS) is 10.9. The molecule has 0 unspecified atom stereocenters. The number of nitrogens with zero attached hydrogens (tertiary/aromatic N) is 8. The molecule has 3 aromatic heterocycles. The molecule has 10 rings (SSSR count). The molecule has 3 heterocycles. The summed E-state index contributed by atoms with van der Waals surface area (Å²) in [6, 6.07) is 57.7. The first-order chi connectivity index (χ1) is 29.5. The van der Waals surface area contributed by atoms with E-state index < -0.39 is 0 Å². The molecule has 60 heavy (non-hydrogen) atoms. The van der Waals surface area contributed by atoms with E-state index in [4.69, 9.17) is 11.6 Å². The summed E-state index contributed by atoms with van der Waals surface area (Å²) in [5, 5.41) is 43.1. The summed E-state index contributed by atoms with van der Waals surface area (Å²) in [6.45, 7) is 7.60. The smallest absolute Gasteiger partial charge is 0.189 e. The Morgan fingerprint density at radius 2 is 0.967 bits per heavy atom. The molecule has 0 aliphatic heterocycles. The molecule has 8 nitrogen and oxygen atoms in total. The van der Waals surface area contributed by atoms with Crippen LogP contribution in [0.4, 0.5) is 5.69 Å². The Morgan fingerprint density at radius 1 is 0.433 bits per heavy atom. The minimum Gasteiger partial charge on any atom is -0.307 e. The summed E-state index contributed by atoms with van der Waals surface area (Å²) < 4.78 is 4.35. The molecule has 0 aliphatic carbocycles. The molecule has 0 N–H and O–H groups in total. The van der Waals surface area contributed by atoms with Crippen LogP contribution in [-0.2, 0) is 0 Å². The largest absolute Gasteiger partial charge is 0.307 e. The van der Waals surface area contributed by atoms with Crippen LogP contribution in [0.1, 0.15) is 22.3 Å². The zero-order valence-electron chi connectivity index (χ0n) is 31.6. The van der Waals surface area contributed by atoms with Crippen LogP contribution in [0.5, 0.6) is 0 Å². The van der Waals surface area contributed by atoms with Crippen molar-refractivity contribution in [1.29, 1.82) is 21.0 Å². The summed E-state index contributed by atoms with van der Waals surface area (Å²) in [5.74, 6) is 0.685. The van der Waals surface area contributed by atoms with Gasteiger partial charge in [-0.05, 0) is 119 Å². The molecule has 0 saturated heterocycles. The molecule has 0 atom stereocenters. The number of pyridine rings is 1. The van der Waals surface area contributed by atoms with Crippen molar-refractivity contribution in [2.75, 3.05) is 0 Å². The molecule has 274 valence electrons. The van der Waals surface area contributed by atoms with Gasteiger partial charge in [0, 0.05) is 32.7 Å². The summed E-state index contributed by atoms with van der Waals surface area (Å²) in [6.07, 6.45) is 1.90. The van der Waals surface area contributed by atoms with Gasteiger partial charge in [0.25, 0.3) is 0 Å². The second kappa shape index (κ2) is 14.0. The summed E-state index contributed by atoms with van der Waals surface area (Å²) in [7, 11) is 0. The minimum absolute atomic E-state index is 0.408. The monoisotopic (exact) mass is 762 g/mol. The molecule has 0 saturated carbocycles. The first-order valence-electron chi connectivity index (χ1n) is 18.9. The van der Waals surface area contributed by atoms with E-state index in [0.717, 1.165) is 82.7 Å². The molecule has 0 aliphatic rings. The molecule has 0 radical (unpaired) electrons. The number of fused-ring (bicyclic) bond motifs is 6. The van der Waals surface area contributed by atoms with Crippen LogP contribution in [0, 0.1) is 51.9 Å². The van der Waals surface area contributed by atoms with Crippen LogP contribution < -0.4 is 0 Å². The van der Waals surface area contributed by atoms with Gasteiger partial charge in [-0.15, -0.1) is 0 Å². The van der Waals surface area contributed by atoms with Crippen LogP contribution in [-0.4, -0.2) is 14.1 Å². The molecule has 0 amide bonds. The predicted octanol–water partition coefficient (Wildman–Crippen LogP) is 12.3. The second-order valence-corrected chi connectivity index (χ2v) is 14.4. The van der Waals surface area contributed by atoms with E-state index in [-0.39, 0.29) is 0 Å². The molecule has 0 fully saturated rings. The van der Waals surface area contributed by atoms with Gasteiger partial charge in [-0.25, -0.2) is 9.83 Å². The predicted molar refractivity (Wildman–Crippen MR) is 234 cm³/mol. The highest BCUT2D eigenvalue weighted by Gasteiger charge is 2.21. The van der Waals surface area contributed by atoms with Crippen molar-refractivity contribution in [3.63, 3.8) is 0 Å². The molecule has 8 heteroatoms. The Bertz CT molecular complexity index is 3620. The number of nitriles is 4. The number of benzene rings is 7. The van der Waals surface area contributed by atoms with Crippen molar-refractivity contribution in [3.05, 3.63) is 192 Å². The summed E-state index contributed by atoms with van der Waals surface area (Å²) >= 11 is 0. The first-order valence-corrected chi connectivity index (χ1v) is 18.9. The third-order valence-corrected chi connectivity index (χ3v) is 11.0. The Morgan fingerprint density at radius 3 is 1.58 bits per heavy atom. The minimum atomic E-state index is 0.408. The average Bonchev–Trinajstić information content (AvgIpc) is 3.83. The van der Waals surface area contributed by atoms with Crippen molar-refractivity contribution < 1.29 is 0 Å². The third-order valence-electron chi connectivity index (χ3n) is 11.0. The van der Waals surface area contributed by atoms with Gasteiger partial charge in [-0.1, -0.05) is 60.7 Å². The third kappa shape index (κ3) is 5.69. The fourth-order valence-electron chi connectivity index (χ4n) is 8.37. The van der Waals surface area contributed by atoms with Gasteiger partial charge in [0.15, 0.2) is 5.69 Å². The van der Waals surface area contributed by atoms with E-state index in [1.165, 1.54) is 0 Å². The maximum atomic E-state index is 10.00. The van der Waals surface area contributed by atoms with Crippen LogP contribution in [0.2, 0.25) is 0 Å². The van der Waals surface area contributed by atoms with Gasteiger partial charge in [-0.3, -0.25) is 4.57 Å². The van der Waals surface area contributed by atoms with Crippen molar-refractivity contribution in [1.82, 2.24) is 14.1 Å². The Balaban J connectivity index is 1.21. The first kappa shape index (κ1) is 35.2. The van der Waals surface area contributed by atoms with Gasteiger partial charge in [0.05, 0.1) is 81.5 Å². The lowest BCUT2D eigenvalue weighted by Gasteiger charge is -2.17. The van der Waals surface area contributed by atoms with Gasteiger partial charge < -0.3 is 4.57 Å². The number of hydrogen-bond acceptors (Lipinski definition) is 5. The fourth-order valence-corrected chi connectivity index (χ4v) is 8.37. The van der Waals surface area contributed by atoms with Gasteiger partial charge >= 0.3 is 0 Å². The number of para-hydroxylation sites is 2. The highest BCUT2D eigenvalue weighted by atomic mass is 15.1. The molecule has 0 bridgehead atoms. The SMILES string of the molecule is [C-]#[N+]c1cc(C#N)cc(-c2ccc3c(c2)c2ccccc2n3-c2cnc(-n3c4ccccc4c4cc(-c5cc(C#N)cc(C#N)c5)ccc43)cc2-c2cccc(C#N)c2)c1. The number of rotatable bonds is 5. The van der Waals surface area contributed by atoms with Gasteiger partial charge in [0.1, 0.15) is 5.82 Å². The standard InChI is InChI=1S/C52H26N8/c1-57-41-22-35(30-56)21-40(23-41)37-13-15-49-45(25-37)42-9-2-4-11-47(42)59(49)51-31-58-52(26-44(51)38-8-6-7-32(18-38)27-53)60-48-12-5-3-10-43(48)46-24-36(14-16-50(46)60)39-19-33(28-54)17-34(20-39)29-55/h2-26,31H. The zero-order valence-corrected chi connectivity index (χ0v) is 31.6. The van der Waals surface area contributed by atoms with E-state index in [0.29, 0.717) is 33.8 Å². The topological polar surface area (TPSA) is 122 Å². The van der Waals surface area contributed by atoms with Crippen LogP contribution >= 0.6 is 0 Å². The van der Waals surface area contributed by atoms with E-state index in [9.17, 15) is 21.0 Å². The van der Waals surface area contributed by atoms with E-state index >= 15 is 0 Å². The molecular formula is C52H26N8. The molecule has 0 spiro atoms. The van der Waals surface area contributed by atoms with Crippen molar-refractivity contribution >= 4 is 49.3 Å². The Labute approximate surface area is 343 Å². The maximum Gasteiger partial charge on any atom is 0.189 e. The molecule has 7 aromatic carbocycles. The van der Waals surface area contributed by atoms with E-state index in [1.807, 2.05) is 72.9 Å². The summed E-state index contributed by atoms with van der Waals surface area (Å²) in [5.41, 5.74) is 11.9.